The molecule has 1 aliphatic rings. The van der Waals surface area contributed by atoms with Gasteiger partial charge in [0.15, 0.2) is 0 Å². The average Bonchev–Trinajstić information content (AvgIpc) is 2.65. The second-order valence-electron chi connectivity index (χ2n) is 3.86. The third kappa shape index (κ3) is 3.12. The van der Waals surface area contributed by atoms with Crippen LogP contribution in [0.1, 0.15) is 26.7 Å². The van der Waals surface area contributed by atoms with E-state index in [9.17, 15) is 0 Å². The molecule has 13 heavy (non-hydrogen) atoms. The van der Waals surface area contributed by atoms with Crippen LogP contribution >= 0.6 is 0 Å². The Morgan fingerprint density at radius 2 is 2.46 bits per heavy atom. The minimum Gasteiger partial charge on any atom is -0.313 e. The Morgan fingerprint density at radius 3 is 2.92 bits per heavy atom. The molecule has 0 aromatic heterocycles. The van der Waals surface area contributed by atoms with Crippen molar-refractivity contribution in [3.63, 3.8) is 0 Å². The summed E-state index contributed by atoms with van der Waals surface area (Å²) in [5, 5.41) is 3.52. The van der Waals surface area contributed by atoms with Crippen LogP contribution in [-0.4, -0.2) is 36.6 Å². The Hall–Kier alpha value is -0.340. The second kappa shape index (κ2) is 5.40. The maximum Gasteiger partial charge on any atom is 0.0247 e. The van der Waals surface area contributed by atoms with E-state index < -0.39 is 0 Å². The lowest BCUT2D eigenvalue weighted by atomic mass is 10.2. The highest BCUT2D eigenvalue weighted by atomic mass is 15.2. The van der Waals surface area contributed by atoms with Crippen LogP contribution in [0.15, 0.2) is 12.7 Å². The van der Waals surface area contributed by atoms with Crippen molar-refractivity contribution in [2.45, 2.75) is 38.8 Å². The average molecular weight is 182 g/mol. The molecule has 0 aromatic rings. The normalized spacial score (nSPS) is 25.0. The number of hydrogen-bond donors (Lipinski definition) is 1. The molecular weight excluding hydrogens is 160 g/mol. The Balaban J connectivity index is 2.33. The van der Waals surface area contributed by atoms with Gasteiger partial charge in [-0.25, -0.2) is 0 Å². The quantitative estimate of drug-likeness (QED) is 0.650. The van der Waals surface area contributed by atoms with Gasteiger partial charge in [0.2, 0.25) is 0 Å². The van der Waals surface area contributed by atoms with E-state index in [1.54, 1.807) is 0 Å². The highest BCUT2D eigenvalue weighted by molar-refractivity contribution is 4.87. The standard InChI is InChI=1S/C11H22N2/c1-4-10(3)13(5-2)9-11-7-6-8-12-11/h4,10-12H,1,5-9H2,2-3H3. The molecule has 2 heteroatoms. The van der Waals surface area contributed by atoms with Gasteiger partial charge < -0.3 is 5.32 Å². The first kappa shape index (κ1) is 10.7. The summed E-state index contributed by atoms with van der Waals surface area (Å²) in [6.07, 6.45) is 4.70. The maximum absolute atomic E-state index is 3.84. The minimum atomic E-state index is 0.507. The first-order chi connectivity index (χ1) is 6.27. The zero-order valence-electron chi connectivity index (χ0n) is 8.92. The predicted octanol–water partition coefficient (Wildman–Crippen LogP) is 1.63. The monoisotopic (exact) mass is 182 g/mol. The van der Waals surface area contributed by atoms with E-state index in [0.717, 1.165) is 6.54 Å². The van der Waals surface area contributed by atoms with Crippen LogP contribution in [0.2, 0.25) is 0 Å². The largest absolute Gasteiger partial charge is 0.313 e. The van der Waals surface area contributed by atoms with Gasteiger partial charge in [-0.1, -0.05) is 13.0 Å². The molecule has 1 rings (SSSR count). The molecule has 1 fully saturated rings. The molecule has 0 radical (unpaired) electrons. The first-order valence-corrected chi connectivity index (χ1v) is 5.38. The van der Waals surface area contributed by atoms with E-state index in [2.05, 4.69) is 30.6 Å². The number of nitrogens with one attached hydrogen (secondary N) is 1. The molecule has 0 aromatic carbocycles. The zero-order valence-corrected chi connectivity index (χ0v) is 8.92. The van der Waals surface area contributed by atoms with E-state index in [1.807, 2.05) is 6.08 Å². The molecule has 76 valence electrons. The molecule has 0 saturated carbocycles. The van der Waals surface area contributed by atoms with Gasteiger partial charge in [-0.15, -0.1) is 6.58 Å². The molecule has 2 nitrogen and oxygen atoms in total. The molecule has 1 aliphatic heterocycles. The van der Waals surface area contributed by atoms with Crippen molar-refractivity contribution in [3.05, 3.63) is 12.7 Å². The van der Waals surface area contributed by atoms with Gasteiger partial charge in [0, 0.05) is 18.6 Å². The van der Waals surface area contributed by atoms with Crippen molar-refractivity contribution in [2.24, 2.45) is 0 Å². The van der Waals surface area contributed by atoms with Crippen molar-refractivity contribution in [1.82, 2.24) is 10.2 Å². The molecule has 0 aliphatic carbocycles. The van der Waals surface area contributed by atoms with Gasteiger partial charge in [0.1, 0.15) is 0 Å². The van der Waals surface area contributed by atoms with Crippen LogP contribution in [0, 0.1) is 0 Å². The van der Waals surface area contributed by atoms with E-state index in [-0.39, 0.29) is 0 Å². The Labute approximate surface area is 82.0 Å². The Bertz CT molecular complexity index is 150. The molecule has 2 atom stereocenters. The summed E-state index contributed by atoms with van der Waals surface area (Å²) >= 11 is 0. The number of nitrogens with zero attached hydrogens (tertiary/aromatic N) is 1. The van der Waals surface area contributed by atoms with E-state index in [4.69, 9.17) is 0 Å². The van der Waals surface area contributed by atoms with Gasteiger partial charge in [-0.05, 0) is 32.9 Å². The molecule has 0 amide bonds. The van der Waals surface area contributed by atoms with Gasteiger partial charge >= 0.3 is 0 Å². The summed E-state index contributed by atoms with van der Waals surface area (Å²) in [6, 6.07) is 1.22. The number of hydrogen-bond acceptors (Lipinski definition) is 2. The molecule has 1 saturated heterocycles. The lowest BCUT2D eigenvalue weighted by molar-refractivity contribution is 0.231. The van der Waals surface area contributed by atoms with Crippen LogP contribution in [0.3, 0.4) is 0 Å². The third-order valence-electron chi connectivity index (χ3n) is 2.94. The Kier molecular flexibility index (Phi) is 4.46. The maximum atomic E-state index is 3.84. The van der Waals surface area contributed by atoms with Crippen LogP contribution < -0.4 is 5.32 Å². The van der Waals surface area contributed by atoms with E-state index in [0.29, 0.717) is 12.1 Å². The van der Waals surface area contributed by atoms with Crippen LogP contribution in [0.5, 0.6) is 0 Å². The summed E-state index contributed by atoms with van der Waals surface area (Å²) in [6.45, 7) is 11.8. The number of rotatable bonds is 5. The van der Waals surface area contributed by atoms with E-state index >= 15 is 0 Å². The molecular formula is C11H22N2. The van der Waals surface area contributed by atoms with Crippen LogP contribution in [-0.2, 0) is 0 Å². The van der Waals surface area contributed by atoms with Gasteiger partial charge in [-0.3, -0.25) is 4.90 Å². The Morgan fingerprint density at radius 1 is 1.69 bits per heavy atom. The predicted molar refractivity (Wildman–Crippen MR) is 57.9 cm³/mol. The summed E-state index contributed by atoms with van der Waals surface area (Å²) in [4.78, 5) is 2.47. The topological polar surface area (TPSA) is 15.3 Å². The molecule has 2 unspecified atom stereocenters. The van der Waals surface area contributed by atoms with Crippen molar-refractivity contribution >= 4 is 0 Å². The van der Waals surface area contributed by atoms with Gasteiger partial charge in [-0.2, -0.15) is 0 Å². The lowest BCUT2D eigenvalue weighted by Gasteiger charge is -2.28. The fourth-order valence-electron chi connectivity index (χ4n) is 1.93. The summed E-state index contributed by atoms with van der Waals surface area (Å²) in [5.41, 5.74) is 0. The van der Waals surface area contributed by atoms with Gasteiger partial charge in [0.25, 0.3) is 0 Å². The number of likely N-dealkylation sites (N-methyl/N-ethyl adjacent to an activating group) is 1. The van der Waals surface area contributed by atoms with Crippen molar-refractivity contribution < 1.29 is 0 Å². The van der Waals surface area contributed by atoms with Crippen molar-refractivity contribution in [3.8, 4) is 0 Å². The molecule has 1 heterocycles. The van der Waals surface area contributed by atoms with Crippen molar-refractivity contribution in [2.75, 3.05) is 19.6 Å². The van der Waals surface area contributed by atoms with Crippen LogP contribution in [0.25, 0.3) is 0 Å². The summed E-state index contributed by atoms with van der Waals surface area (Å²) < 4.78 is 0. The minimum absolute atomic E-state index is 0.507. The van der Waals surface area contributed by atoms with Crippen molar-refractivity contribution in [1.29, 1.82) is 0 Å². The fourth-order valence-corrected chi connectivity index (χ4v) is 1.93. The fraction of sp³-hybridized carbons (Fsp3) is 0.818. The molecule has 1 N–H and O–H groups in total. The highest BCUT2D eigenvalue weighted by Crippen LogP contribution is 2.09. The molecule has 0 bridgehead atoms. The second-order valence-corrected chi connectivity index (χ2v) is 3.86. The summed E-state index contributed by atoms with van der Waals surface area (Å²) in [7, 11) is 0. The lowest BCUT2D eigenvalue weighted by Crippen LogP contribution is -2.41. The zero-order chi connectivity index (χ0) is 9.68. The third-order valence-corrected chi connectivity index (χ3v) is 2.94. The van der Waals surface area contributed by atoms with Crippen LogP contribution in [0.4, 0.5) is 0 Å². The molecule has 0 spiro atoms. The first-order valence-electron chi connectivity index (χ1n) is 5.38. The van der Waals surface area contributed by atoms with Gasteiger partial charge in [0.05, 0.1) is 0 Å². The SMILES string of the molecule is C=CC(C)N(CC)CC1CCCN1. The van der Waals surface area contributed by atoms with E-state index in [1.165, 1.54) is 25.9 Å². The smallest absolute Gasteiger partial charge is 0.0247 e. The highest BCUT2D eigenvalue weighted by Gasteiger charge is 2.18. The summed E-state index contributed by atoms with van der Waals surface area (Å²) in [5.74, 6) is 0.